The number of aliphatic imine (C=N–C) groups is 1. The van der Waals surface area contributed by atoms with Crippen LogP contribution in [0.3, 0.4) is 0 Å². The van der Waals surface area contributed by atoms with Crippen LogP contribution in [0, 0.1) is 6.92 Å². The summed E-state index contributed by atoms with van der Waals surface area (Å²) < 4.78 is 5.61. The molecule has 0 radical (unpaired) electrons. The Bertz CT molecular complexity index is 828. The van der Waals surface area contributed by atoms with Gasteiger partial charge in [0, 0.05) is 30.0 Å². The number of nitrogens with one attached hydrogen (secondary N) is 2. The van der Waals surface area contributed by atoms with E-state index in [0.29, 0.717) is 12.4 Å². The summed E-state index contributed by atoms with van der Waals surface area (Å²) in [5.74, 6) is 1.49. The van der Waals surface area contributed by atoms with Crippen molar-refractivity contribution in [2.24, 2.45) is 4.99 Å². The molecule has 144 valence electrons. The lowest BCUT2D eigenvalue weighted by Gasteiger charge is -2.10. The molecule has 0 saturated heterocycles. The molecule has 0 bridgehead atoms. The number of hydrogen-bond donors (Lipinski definition) is 2. The van der Waals surface area contributed by atoms with Crippen molar-refractivity contribution >= 4 is 41.3 Å². The normalized spacial score (nSPS) is 11.1. The first-order chi connectivity index (χ1) is 12.7. The summed E-state index contributed by atoms with van der Waals surface area (Å²) in [4.78, 5) is 10.4. The third-order valence-corrected chi connectivity index (χ3v) is 4.70. The van der Waals surface area contributed by atoms with Gasteiger partial charge in [0.25, 0.3) is 0 Å². The summed E-state index contributed by atoms with van der Waals surface area (Å²) >= 11 is 1.72. The van der Waals surface area contributed by atoms with Gasteiger partial charge in [-0.25, -0.2) is 9.98 Å². The Morgan fingerprint density at radius 1 is 1.19 bits per heavy atom. The molecule has 0 amide bonds. The average molecular weight is 496 g/mol. The molecule has 27 heavy (non-hydrogen) atoms. The van der Waals surface area contributed by atoms with Crippen LogP contribution in [0.5, 0.6) is 0 Å². The lowest BCUT2D eigenvalue weighted by molar-refractivity contribution is 0.572. The van der Waals surface area contributed by atoms with Gasteiger partial charge in [-0.3, -0.25) is 0 Å². The van der Waals surface area contributed by atoms with Gasteiger partial charge in [0.05, 0.1) is 12.2 Å². The molecule has 7 heteroatoms. The van der Waals surface area contributed by atoms with Gasteiger partial charge in [-0.15, -0.1) is 35.3 Å². The molecule has 1 aromatic carbocycles. The fourth-order valence-corrected chi connectivity index (χ4v) is 3.09. The van der Waals surface area contributed by atoms with E-state index in [1.165, 1.54) is 10.4 Å². The van der Waals surface area contributed by atoms with Crippen LogP contribution in [0.25, 0.3) is 11.5 Å². The van der Waals surface area contributed by atoms with Crippen LogP contribution >= 0.6 is 35.3 Å². The number of guanidine groups is 1. The van der Waals surface area contributed by atoms with E-state index in [1.54, 1.807) is 17.6 Å². The standard InChI is InChI=1S/C20H24N4OS.HI/c1-3-21-20(23-13-18-5-4-12-26-18)22-11-10-17-14-25-19(24-17)16-8-6-15(2)7-9-16;/h4-9,12,14H,3,10-11,13H2,1-2H3,(H2,21,22,23);1H. The van der Waals surface area contributed by atoms with E-state index in [-0.39, 0.29) is 24.0 Å². The Morgan fingerprint density at radius 2 is 2.00 bits per heavy atom. The zero-order chi connectivity index (χ0) is 18.2. The van der Waals surface area contributed by atoms with E-state index in [4.69, 9.17) is 4.42 Å². The molecular formula is C20H25IN4OS. The van der Waals surface area contributed by atoms with Crippen LogP contribution in [0.2, 0.25) is 0 Å². The minimum Gasteiger partial charge on any atom is -0.444 e. The second-order valence-electron chi connectivity index (χ2n) is 5.96. The van der Waals surface area contributed by atoms with Gasteiger partial charge in [0.2, 0.25) is 5.89 Å². The molecule has 3 aromatic rings. The first-order valence-electron chi connectivity index (χ1n) is 8.80. The van der Waals surface area contributed by atoms with Gasteiger partial charge >= 0.3 is 0 Å². The lowest BCUT2D eigenvalue weighted by Crippen LogP contribution is -2.38. The predicted octanol–water partition coefficient (Wildman–Crippen LogP) is 4.63. The number of oxazole rings is 1. The van der Waals surface area contributed by atoms with Gasteiger partial charge in [0.15, 0.2) is 5.96 Å². The number of benzene rings is 1. The molecule has 0 aliphatic heterocycles. The highest BCUT2D eigenvalue weighted by Gasteiger charge is 2.07. The average Bonchev–Trinajstić information content (AvgIpc) is 3.32. The summed E-state index contributed by atoms with van der Waals surface area (Å²) in [6.45, 7) is 6.40. The minimum absolute atomic E-state index is 0. The molecule has 0 spiro atoms. The topological polar surface area (TPSA) is 62.5 Å². The molecule has 0 aliphatic carbocycles. The summed E-state index contributed by atoms with van der Waals surface area (Å²) in [5, 5.41) is 8.69. The van der Waals surface area contributed by atoms with Gasteiger partial charge in [0.1, 0.15) is 6.26 Å². The molecule has 2 heterocycles. The van der Waals surface area contributed by atoms with Crippen LogP contribution in [0.15, 0.2) is 57.5 Å². The summed E-state index contributed by atoms with van der Waals surface area (Å²) in [7, 11) is 0. The molecule has 0 fully saturated rings. The number of hydrogen-bond acceptors (Lipinski definition) is 4. The van der Waals surface area contributed by atoms with Crippen LogP contribution in [0.4, 0.5) is 0 Å². The van der Waals surface area contributed by atoms with Gasteiger partial charge < -0.3 is 15.1 Å². The Hall–Kier alpha value is -1.87. The van der Waals surface area contributed by atoms with Gasteiger partial charge in [-0.2, -0.15) is 0 Å². The zero-order valence-corrected chi connectivity index (χ0v) is 18.7. The van der Waals surface area contributed by atoms with Crippen molar-refractivity contribution in [1.82, 2.24) is 15.6 Å². The van der Waals surface area contributed by atoms with Gasteiger partial charge in [-0.05, 0) is 37.4 Å². The lowest BCUT2D eigenvalue weighted by atomic mass is 10.1. The van der Waals surface area contributed by atoms with E-state index in [1.807, 2.05) is 18.2 Å². The molecule has 0 atom stereocenters. The Balaban J connectivity index is 0.00000261. The van der Waals surface area contributed by atoms with Crippen molar-refractivity contribution in [2.75, 3.05) is 13.1 Å². The Kier molecular flexibility index (Phi) is 8.80. The molecule has 2 N–H and O–H groups in total. The van der Waals surface area contributed by atoms with Crippen molar-refractivity contribution in [1.29, 1.82) is 0 Å². The van der Waals surface area contributed by atoms with Crippen molar-refractivity contribution < 1.29 is 4.42 Å². The van der Waals surface area contributed by atoms with Crippen molar-refractivity contribution in [3.63, 3.8) is 0 Å². The highest BCUT2D eigenvalue weighted by atomic mass is 127. The summed E-state index contributed by atoms with van der Waals surface area (Å²) in [6.07, 6.45) is 2.51. The van der Waals surface area contributed by atoms with Crippen LogP contribution < -0.4 is 10.6 Å². The van der Waals surface area contributed by atoms with Crippen molar-refractivity contribution in [2.45, 2.75) is 26.8 Å². The SMILES string of the molecule is CCNC(=NCc1cccs1)NCCc1coc(-c2ccc(C)cc2)n1.I. The number of rotatable bonds is 7. The first-order valence-corrected chi connectivity index (χ1v) is 9.68. The van der Waals surface area contributed by atoms with Gasteiger partial charge in [-0.1, -0.05) is 23.8 Å². The van der Waals surface area contributed by atoms with E-state index < -0.39 is 0 Å². The van der Waals surface area contributed by atoms with Crippen LogP contribution in [-0.2, 0) is 13.0 Å². The van der Waals surface area contributed by atoms with Crippen LogP contribution in [0.1, 0.15) is 23.1 Å². The van der Waals surface area contributed by atoms with E-state index in [0.717, 1.165) is 36.7 Å². The molecule has 2 aromatic heterocycles. The minimum atomic E-state index is 0. The third-order valence-electron chi connectivity index (χ3n) is 3.84. The smallest absolute Gasteiger partial charge is 0.226 e. The molecule has 0 saturated carbocycles. The highest BCUT2D eigenvalue weighted by molar-refractivity contribution is 14.0. The fraction of sp³-hybridized carbons (Fsp3) is 0.300. The number of aromatic nitrogens is 1. The second kappa shape index (κ2) is 11.1. The number of aryl methyl sites for hydroxylation is 1. The monoisotopic (exact) mass is 496 g/mol. The highest BCUT2D eigenvalue weighted by Crippen LogP contribution is 2.19. The number of nitrogens with zero attached hydrogens (tertiary/aromatic N) is 2. The third kappa shape index (κ3) is 6.66. The summed E-state index contributed by atoms with van der Waals surface area (Å²) in [6, 6.07) is 12.3. The van der Waals surface area contributed by atoms with Crippen molar-refractivity contribution in [3.8, 4) is 11.5 Å². The molecule has 0 aliphatic rings. The fourth-order valence-electron chi connectivity index (χ4n) is 2.46. The van der Waals surface area contributed by atoms with Crippen molar-refractivity contribution in [3.05, 3.63) is 64.2 Å². The molecule has 0 unspecified atom stereocenters. The molecule has 5 nitrogen and oxygen atoms in total. The quantitative estimate of drug-likeness (QED) is 0.285. The maximum Gasteiger partial charge on any atom is 0.226 e. The van der Waals surface area contributed by atoms with Crippen LogP contribution in [-0.4, -0.2) is 24.0 Å². The second-order valence-corrected chi connectivity index (χ2v) is 6.99. The predicted molar refractivity (Wildman–Crippen MR) is 123 cm³/mol. The van der Waals surface area contributed by atoms with E-state index in [2.05, 4.69) is 58.0 Å². The van der Waals surface area contributed by atoms with E-state index in [9.17, 15) is 0 Å². The van der Waals surface area contributed by atoms with E-state index >= 15 is 0 Å². The molecule has 3 rings (SSSR count). The summed E-state index contributed by atoms with van der Waals surface area (Å²) in [5.41, 5.74) is 3.16. The molecular weight excluding hydrogens is 471 g/mol. The Labute approximate surface area is 181 Å². The largest absolute Gasteiger partial charge is 0.444 e. The zero-order valence-electron chi connectivity index (χ0n) is 15.6. The number of thiophene rings is 1. The first kappa shape index (κ1) is 21.4. The number of halogens is 1. The Morgan fingerprint density at radius 3 is 2.70 bits per heavy atom. The maximum atomic E-state index is 5.61. The maximum absolute atomic E-state index is 5.61.